The first-order valence-corrected chi connectivity index (χ1v) is 7.30. The van der Waals surface area contributed by atoms with E-state index in [0.717, 1.165) is 19.5 Å². The zero-order valence-electron chi connectivity index (χ0n) is 9.70. The van der Waals surface area contributed by atoms with Crippen LogP contribution in [-0.2, 0) is 10.0 Å². The van der Waals surface area contributed by atoms with Crippen molar-refractivity contribution in [2.24, 2.45) is 0 Å². The smallest absolute Gasteiger partial charge is 0.214 e. The summed E-state index contributed by atoms with van der Waals surface area (Å²) in [5.74, 6) is 2.50. The molecule has 0 amide bonds. The molecule has 92 valence electrons. The molecule has 0 aromatic heterocycles. The summed E-state index contributed by atoms with van der Waals surface area (Å²) in [6.07, 6.45) is 7.76. The topological polar surface area (TPSA) is 58.2 Å². The lowest BCUT2D eigenvalue weighted by atomic mass is 10.2. The third-order valence-electron chi connectivity index (χ3n) is 2.91. The van der Waals surface area contributed by atoms with E-state index in [9.17, 15) is 8.42 Å². The highest BCUT2D eigenvalue weighted by Gasteiger charge is 2.28. The van der Waals surface area contributed by atoms with Gasteiger partial charge >= 0.3 is 0 Å². The number of hydrogen-bond acceptors (Lipinski definition) is 3. The fourth-order valence-electron chi connectivity index (χ4n) is 1.85. The van der Waals surface area contributed by atoms with Crippen molar-refractivity contribution < 1.29 is 8.42 Å². The zero-order valence-corrected chi connectivity index (χ0v) is 10.5. The molecule has 0 radical (unpaired) electrons. The van der Waals surface area contributed by atoms with Crippen molar-refractivity contribution in [3.8, 4) is 12.3 Å². The molecule has 1 aliphatic heterocycles. The normalized spacial score (nSPS) is 20.2. The molecule has 2 N–H and O–H groups in total. The van der Waals surface area contributed by atoms with E-state index in [1.54, 1.807) is 0 Å². The van der Waals surface area contributed by atoms with Crippen LogP contribution in [0.3, 0.4) is 0 Å². The third-order valence-corrected chi connectivity index (χ3v) is 4.92. The molecule has 4 nitrogen and oxygen atoms in total. The van der Waals surface area contributed by atoms with Crippen LogP contribution in [0, 0.1) is 12.3 Å². The molecule has 1 saturated heterocycles. The molecule has 0 bridgehead atoms. The van der Waals surface area contributed by atoms with Crippen molar-refractivity contribution in [3.63, 3.8) is 0 Å². The molecular formula is C11H20N2O2S. The minimum Gasteiger partial charge on any atom is -0.317 e. The number of sulfonamides is 1. The van der Waals surface area contributed by atoms with Gasteiger partial charge in [-0.1, -0.05) is 6.92 Å². The molecule has 0 aromatic carbocycles. The van der Waals surface area contributed by atoms with Crippen LogP contribution in [0.1, 0.15) is 32.6 Å². The van der Waals surface area contributed by atoms with Crippen molar-refractivity contribution in [1.29, 1.82) is 0 Å². The average Bonchev–Trinajstić information content (AvgIpc) is 2.29. The first-order chi connectivity index (χ1) is 7.60. The Morgan fingerprint density at radius 2 is 2.12 bits per heavy atom. The van der Waals surface area contributed by atoms with Gasteiger partial charge in [0.05, 0.1) is 5.25 Å². The van der Waals surface area contributed by atoms with Crippen LogP contribution in [0.4, 0.5) is 0 Å². The minimum absolute atomic E-state index is 0.120. The van der Waals surface area contributed by atoms with Gasteiger partial charge in [0.1, 0.15) is 0 Å². The highest BCUT2D eigenvalue weighted by Crippen LogP contribution is 2.13. The number of rotatable bonds is 5. The van der Waals surface area contributed by atoms with Crippen molar-refractivity contribution >= 4 is 10.0 Å². The Bertz CT molecular complexity index is 339. The van der Waals surface area contributed by atoms with Gasteiger partial charge < -0.3 is 5.32 Å². The van der Waals surface area contributed by atoms with Crippen LogP contribution < -0.4 is 10.0 Å². The second-order valence-corrected chi connectivity index (χ2v) is 6.12. The number of hydrogen-bond donors (Lipinski definition) is 2. The summed E-state index contributed by atoms with van der Waals surface area (Å²) in [4.78, 5) is 0. The predicted molar refractivity (Wildman–Crippen MR) is 65.5 cm³/mol. The van der Waals surface area contributed by atoms with Gasteiger partial charge in [-0.15, -0.1) is 12.3 Å². The fraction of sp³-hybridized carbons (Fsp3) is 0.818. The summed E-state index contributed by atoms with van der Waals surface area (Å²) in [5.41, 5.74) is 0. The SMILES string of the molecule is C#CCC(CC)NS(=O)(=O)C1CCNCC1. The van der Waals surface area contributed by atoms with Crippen LogP contribution in [0.15, 0.2) is 0 Å². The van der Waals surface area contributed by atoms with Crippen LogP contribution in [-0.4, -0.2) is 32.8 Å². The van der Waals surface area contributed by atoms with Gasteiger partial charge in [0, 0.05) is 12.5 Å². The van der Waals surface area contributed by atoms with Crippen molar-refractivity contribution in [1.82, 2.24) is 10.0 Å². The molecule has 1 rings (SSSR count). The average molecular weight is 244 g/mol. The molecule has 5 heteroatoms. The predicted octanol–water partition coefficient (Wildman–Crippen LogP) is 0.460. The van der Waals surface area contributed by atoms with Crippen molar-refractivity contribution in [3.05, 3.63) is 0 Å². The summed E-state index contributed by atoms with van der Waals surface area (Å²) >= 11 is 0. The summed E-state index contributed by atoms with van der Waals surface area (Å²) in [6, 6.07) is -0.120. The summed E-state index contributed by atoms with van der Waals surface area (Å²) in [5, 5.41) is 2.89. The monoisotopic (exact) mass is 244 g/mol. The Hall–Kier alpha value is -0.570. The maximum atomic E-state index is 12.0. The molecule has 16 heavy (non-hydrogen) atoms. The summed E-state index contributed by atoms with van der Waals surface area (Å²) in [7, 11) is -3.20. The third kappa shape index (κ3) is 3.78. The lowest BCUT2D eigenvalue weighted by Gasteiger charge is -2.25. The molecule has 1 fully saturated rings. The van der Waals surface area contributed by atoms with Gasteiger partial charge in [-0.05, 0) is 32.4 Å². The largest absolute Gasteiger partial charge is 0.317 e. The van der Waals surface area contributed by atoms with E-state index in [-0.39, 0.29) is 11.3 Å². The molecule has 1 aliphatic rings. The van der Waals surface area contributed by atoms with Crippen LogP contribution >= 0.6 is 0 Å². The Labute approximate surface area is 98.2 Å². The van der Waals surface area contributed by atoms with Gasteiger partial charge in [0.2, 0.25) is 10.0 Å². The summed E-state index contributed by atoms with van der Waals surface area (Å²) < 4.78 is 26.8. The molecule has 1 heterocycles. The molecule has 1 atom stereocenters. The maximum absolute atomic E-state index is 12.0. The molecule has 0 aromatic rings. The van der Waals surface area contributed by atoms with Gasteiger partial charge in [-0.3, -0.25) is 0 Å². The van der Waals surface area contributed by atoms with Gasteiger partial charge in [-0.25, -0.2) is 13.1 Å². The quantitative estimate of drug-likeness (QED) is 0.691. The van der Waals surface area contributed by atoms with Gasteiger partial charge in [0.15, 0.2) is 0 Å². The van der Waals surface area contributed by atoms with Crippen molar-refractivity contribution in [2.45, 2.75) is 43.9 Å². The van der Waals surface area contributed by atoms with E-state index in [2.05, 4.69) is 16.0 Å². The molecule has 0 spiro atoms. The molecule has 1 unspecified atom stereocenters. The number of piperidine rings is 1. The van der Waals surface area contributed by atoms with Gasteiger partial charge in [0.25, 0.3) is 0 Å². The van der Waals surface area contributed by atoms with Crippen molar-refractivity contribution in [2.75, 3.05) is 13.1 Å². The Kier molecular flexibility index (Phi) is 5.26. The van der Waals surface area contributed by atoms with Crippen LogP contribution in [0.5, 0.6) is 0 Å². The van der Waals surface area contributed by atoms with E-state index < -0.39 is 10.0 Å². The van der Waals surface area contributed by atoms with Gasteiger partial charge in [-0.2, -0.15) is 0 Å². The molecule has 0 saturated carbocycles. The second kappa shape index (κ2) is 6.24. The van der Waals surface area contributed by atoms with E-state index in [0.29, 0.717) is 19.3 Å². The standard InChI is InChI=1S/C11H20N2O2S/c1-3-5-10(4-2)13-16(14,15)11-6-8-12-9-7-11/h1,10-13H,4-9H2,2H3. The number of nitrogens with one attached hydrogen (secondary N) is 2. The van der Waals surface area contributed by atoms with Crippen LogP contribution in [0.25, 0.3) is 0 Å². The fourth-order valence-corrected chi connectivity index (χ4v) is 3.61. The Morgan fingerprint density at radius 1 is 1.50 bits per heavy atom. The molecule has 0 aliphatic carbocycles. The Balaban J connectivity index is 2.59. The van der Waals surface area contributed by atoms with E-state index in [1.165, 1.54) is 0 Å². The highest BCUT2D eigenvalue weighted by atomic mass is 32.2. The highest BCUT2D eigenvalue weighted by molar-refractivity contribution is 7.90. The van der Waals surface area contributed by atoms with Crippen LogP contribution in [0.2, 0.25) is 0 Å². The molecular weight excluding hydrogens is 224 g/mol. The lowest BCUT2D eigenvalue weighted by Crippen LogP contribution is -2.45. The Morgan fingerprint density at radius 3 is 2.62 bits per heavy atom. The zero-order chi connectivity index (χ0) is 12.0. The summed E-state index contributed by atoms with van der Waals surface area (Å²) in [6.45, 7) is 3.49. The van der Waals surface area contributed by atoms with E-state index in [1.807, 2.05) is 6.92 Å². The maximum Gasteiger partial charge on any atom is 0.214 e. The second-order valence-electron chi connectivity index (χ2n) is 4.13. The lowest BCUT2D eigenvalue weighted by molar-refractivity contribution is 0.478. The van der Waals surface area contributed by atoms with E-state index >= 15 is 0 Å². The first kappa shape index (κ1) is 13.5. The van der Waals surface area contributed by atoms with E-state index in [4.69, 9.17) is 6.42 Å². The number of terminal acetylenes is 1. The minimum atomic E-state index is -3.20. The first-order valence-electron chi connectivity index (χ1n) is 5.75.